The van der Waals surface area contributed by atoms with Crippen LogP contribution in [-0.4, -0.2) is 56.6 Å². The zero-order chi connectivity index (χ0) is 21.7. The lowest BCUT2D eigenvalue weighted by Crippen LogP contribution is -2.41. The second kappa shape index (κ2) is 9.57. The summed E-state index contributed by atoms with van der Waals surface area (Å²) in [5.41, 5.74) is -0.882. The third kappa shape index (κ3) is 6.70. The van der Waals surface area contributed by atoms with E-state index in [2.05, 4.69) is 5.32 Å². The topological polar surface area (TPSA) is 95.9 Å². The molecule has 160 valence electrons. The molecule has 1 atom stereocenters. The van der Waals surface area contributed by atoms with Crippen LogP contribution in [0.5, 0.6) is 5.75 Å². The number of thiophene rings is 1. The van der Waals surface area contributed by atoms with Crippen molar-refractivity contribution < 1.29 is 36.2 Å². The fraction of sp³-hybridized carbons (Fsp3) is 0.353. The molecular weight excluding hydrogens is 433 g/mol. The number of nitrogens with zero attached hydrogens (tertiary/aromatic N) is 1. The van der Waals surface area contributed by atoms with Crippen molar-refractivity contribution in [2.45, 2.75) is 16.5 Å². The number of amides is 1. The monoisotopic (exact) mass is 452 g/mol. The minimum absolute atomic E-state index is 0.0769. The first-order valence-corrected chi connectivity index (χ1v) is 10.6. The number of aliphatic hydroxyl groups is 1. The van der Waals surface area contributed by atoms with Gasteiger partial charge in [0.25, 0.3) is 10.0 Å². The molecule has 0 spiro atoms. The second-order valence-electron chi connectivity index (χ2n) is 5.99. The molecule has 0 aliphatic rings. The van der Waals surface area contributed by atoms with Crippen LogP contribution in [0.3, 0.4) is 0 Å². The van der Waals surface area contributed by atoms with E-state index in [1.165, 1.54) is 25.2 Å². The Balaban J connectivity index is 1.79. The molecule has 2 rings (SSSR count). The first-order chi connectivity index (χ1) is 13.5. The fourth-order valence-electron chi connectivity index (χ4n) is 2.15. The number of aliphatic hydroxyl groups excluding tert-OH is 1. The molecule has 0 fully saturated rings. The highest BCUT2D eigenvalue weighted by Gasteiger charge is 2.30. The Morgan fingerprint density at radius 2 is 2.03 bits per heavy atom. The number of nitrogens with one attached hydrogen (secondary N) is 1. The normalized spacial score (nSPS) is 13.3. The third-order valence-electron chi connectivity index (χ3n) is 3.66. The molecule has 0 bridgehead atoms. The zero-order valence-electron chi connectivity index (χ0n) is 15.2. The van der Waals surface area contributed by atoms with Gasteiger partial charge < -0.3 is 15.2 Å². The number of halogens is 3. The van der Waals surface area contributed by atoms with E-state index in [1.807, 2.05) is 0 Å². The molecule has 2 N–H and O–H groups in total. The van der Waals surface area contributed by atoms with Crippen LogP contribution in [0.4, 0.5) is 13.2 Å². The van der Waals surface area contributed by atoms with Gasteiger partial charge in [-0.1, -0.05) is 12.1 Å². The molecule has 12 heteroatoms. The van der Waals surface area contributed by atoms with Crippen LogP contribution in [0.2, 0.25) is 0 Å². The Morgan fingerprint density at radius 3 is 2.66 bits per heavy atom. The molecule has 0 saturated heterocycles. The molecule has 2 aromatic rings. The van der Waals surface area contributed by atoms with Gasteiger partial charge in [-0.3, -0.25) is 4.79 Å². The molecule has 0 radical (unpaired) electrons. The molecule has 1 unspecified atom stereocenters. The summed E-state index contributed by atoms with van der Waals surface area (Å²) in [6.45, 7) is -1.07. The number of alkyl halides is 3. The SMILES string of the molecule is CN(CC(=O)NCC(O)COc1cccc(C(F)(F)F)c1)S(=O)(=O)c1cccs1. The van der Waals surface area contributed by atoms with Crippen molar-refractivity contribution in [2.24, 2.45) is 0 Å². The first-order valence-electron chi connectivity index (χ1n) is 8.25. The van der Waals surface area contributed by atoms with Gasteiger partial charge >= 0.3 is 6.18 Å². The maximum Gasteiger partial charge on any atom is 0.416 e. The number of hydrogen-bond acceptors (Lipinski definition) is 6. The van der Waals surface area contributed by atoms with Crippen LogP contribution in [0.25, 0.3) is 0 Å². The van der Waals surface area contributed by atoms with Crippen molar-refractivity contribution in [1.82, 2.24) is 9.62 Å². The van der Waals surface area contributed by atoms with Crippen LogP contribution in [0.1, 0.15) is 5.56 Å². The average molecular weight is 452 g/mol. The van der Waals surface area contributed by atoms with E-state index in [1.54, 1.807) is 11.4 Å². The number of likely N-dealkylation sites (N-methyl/N-ethyl adjacent to an activating group) is 1. The maximum absolute atomic E-state index is 12.7. The number of carbonyl (C=O) groups is 1. The number of benzene rings is 1. The maximum atomic E-state index is 12.7. The van der Waals surface area contributed by atoms with E-state index in [9.17, 15) is 31.5 Å². The number of hydrogen-bond donors (Lipinski definition) is 2. The van der Waals surface area contributed by atoms with Crippen molar-refractivity contribution in [3.8, 4) is 5.75 Å². The number of sulfonamides is 1. The number of ether oxygens (including phenoxy) is 1. The molecular formula is C17H19F3N2O5S2. The third-order valence-corrected chi connectivity index (χ3v) is 6.84. The smallest absolute Gasteiger partial charge is 0.416 e. The molecule has 1 amide bonds. The zero-order valence-corrected chi connectivity index (χ0v) is 16.9. The predicted molar refractivity (Wildman–Crippen MR) is 100 cm³/mol. The van der Waals surface area contributed by atoms with E-state index in [-0.39, 0.29) is 23.1 Å². The summed E-state index contributed by atoms with van der Waals surface area (Å²) >= 11 is 1.02. The van der Waals surface area contributed by atoms with Gasteiger partial charge in [-0.25, -0.2) is 8.42 Å². The molecule has 1 heterocycles. The van der Waals surface area contributed by atoms with Gasteiger partial charge in [-0.15, -0.1) is 11.3 Å². The minimum atomic E-state index is -4.51. The highest BCUT2D eigenvalue weighted by Crippen LogP contribution is 2.31. The Labute approximate surface area is 169 Å². The summed E-state index contributed by atoms with van der Waals surface area (Å²) < 4.78 is 68.5. The van der Waals surface area contributed by atoms with E-state index in [0.717, 1.165) is 27.8 Å². The Bertz CT molecular complexity index is 917. The van der Waals surface area contributed by atoms with E-state index < -0.39 is 40.3 Å². The fourth-order valence-corrected chi connectivity index (χ4v) is 4.48. The van der Waals surface area contributed by atoms with Crippen LogP contribution in [0, 0.1) is 0 Å². The van der Waals surface area contributed by atoms with Crippen LogP contribution < -0.4 is 10.1 Å². The summed E-state index contributed by atoms with van der Waals surface area (Å²) in [7, 11) is -2.53. The van der Waals surface area contributed by atoms with Crippen molar-refractivity contribution >= 4 is 27.3 Å². The largest absolute Gasteiger partial charge is 0.491 e. The Morgan fingerprint density at radius 1 is 1.31 bits per heavy atom. The van der Waals surface area contributed by atoms with Crippen molar-refractivity contribution in [3.63, 3.8) is 0 Å². The summed E-state index contributed by atoms with van der Waals surface area (Å²) in [4.78, 5) is 11.9. The van der Waals surface area contributed by atoms with Gasteiger partial charge in [0.2, 0.25) is 5.91 Å². The standard InChI is InChI=1S/C17H19F3N2O5S2/c1-22(29(25,26)16-6-3-7-28-16)10-15(24)21-9-13(23)11-27-14-5-2-4-12(8-14)17(18,19)20/h2-8,13,23H,9-11H2,1H3,(H,21,24). The van der Waals surface area contributed by atoms with E-state index in [0.29, 0.717) is 0 Å². The van der Waals surface area contributed by atoms with Crippen molar-refractivity contribution in [2.75, 3.05) is 26.7 Å². The molecule has 0 aliphatic carbocycles. The molecule has 1 aromatic heterocycles. The van der Waals surface area contributed by atoms with Gasteiger partial charge in [0.1, 0.15) is 22.7 Å². The molecule has 0 aliphatic heterocycles. The minimum Gasteiger partial charge on any atom is -0.491 e. The van der Waals surface area contributed by atoms with E-state index in [4.69, 9.17) is 4.74 Å². The molecule has 0 saturated carbocycles. The van der Waals surface area contributed by atoms with Gasteiger partial charge in [-0.2, -0.15) is 17.5 Å². The number of rotatable bonds is 9. The number of carbonyl (C=O) groups excluding carboxylic acids is 1. The van der Waals surface area contributed by atoms with Crippen molar-refractivity contribution in [3.05, 3.63) is 47.3 Å². The summed E-state index contributed by atoms with van der Waals surface area (Å²) in [6, 6.07) is 7.18. The van der Waals surface area contributed by atoms with E-state index >= 15 is 0 Å². The average Bonchev–Trinajstić information content (AvgIpc) is 3.20. The van der Waals surface area contributed by atoms with Crippen molar-refractivity contribution in [1.29, 1.82) is 0 Å². The molecule has 7 nitrogen and oxygen atoms in total. The quantitative estimate of drug-likeness (QED) is 0.606. The molecule has 1 aromatic carbocycles. The summed E-state index contributed by atoms with van der Waals surface area (Å²) in [5.74, 6) is -0.724. The summed E-state index contributed by atoms with van der Waals surface area (Å²) in [5, 5.41) is 13.8. The lowest BCUT2D eigenvalue weighted by atomic mass is 10.2. The van der Waals surface area contributed by atoms with Crippen LogP contribution in [0.15, 0.2) is 46.0 Å². The Kier molecular flexibility index (Phi) is 7.63. The van der Waals surface area contributed by atoms with Crippen LogP contribution in [-0.2, 0) is 21.0 Å². The highest BCUT2D eigenvalue weighted by molar-refractivity contribution is 7.91. The van der Waals surface area contributed by atoms with Gasteiger partial charge in [0, 0.05) is 13.6 Å². The van der Waals surface area contributed by atoms with Crippen LogP contribution >= 0.6 is 11.3 Å². The van der Waals surface area contributed by atoms with Gasteiger partial charge in [0.05, 0.1) is 12.1 Å². The lowest BCUT2D eigenvalue weighted by molar-refractivity contribution is -0.137. The van der Waals surface area contributed by atoms with Gasteiger partial charge in [0.15, 0.2) is 0 Å². The first kappa shape index (κ1) is 23.1. The summed E-state index contributed by atoms with van der Waals surface area (Å²) in [6.07, 6.45) is -5.71. The highest BCUT2D eigenvalue weighted by atomic mass is 32.2. The Hall–Kier alpha value is -2.15. The second-order valence-corrected chi connectivity index (χ2v) is 9.21. The lowest BCUT2D eigenvalue weighted by Gasteiger charge is -2.17. The van der Waals surface area contributed by atoms with Gasteiger partial charge in [-0.05, 0) is 29.6 Å². The predicted octanol–water partition coefficient (Wildman–Crippen LogP) is 1.94. The molecule has 29 heavy (non-hydrogen) atoms.